The molecule has 4 heteroatoms. The molecule has 1 aromatic heterocycles. The Kier molecular flexibility index (Phi) is 4.98. The summed E-state index contributed by atoms with van der Waals surface area (Å²) < 4.78 is 0. The molecule has 3 rings (SSSR count). The number of aromatic nitrogens is 1. The number of hydrogen-bond donors (Lipinski definition) is 2. The molecule has 0 spiro atoms. The number of pyridine rings is 1. The van der Waals surface area contributed by atoms with Crippen molar-refractivity contribution >= 4 is 16.8 Å². The summed E-state index contributed by atoms with van der Waals surface area (Å²) in [7, 11) is 0. The van der Waals surface area contributed by atoms with Gasteiger partial charge >= 0.3 is 0 Å². The van der Waals surface area contributed by atoms with Gasteiger partial charge in [0, 0.05) is 24.0 Å². The Balaban J connectivity index is 1.58. The molecule has 0 aliphatic carbocycles. The number of aryl methyl sites for hydroxylation is 3. The predicted octanol–water partition coefficient (Wildman–Crippen LogP) is 3.39. The van der Waals surface area contributed by atoms with Crippen LogP contribution in [0.5, 0.6) is 0 Å². The minimum Gasteiger partial charge on any atom is -0.352 e. The lowest BCUT2D eigenvalue weighted by atomic mass is 10.1. The summed E-state index contributed by atoms with van der Waals surface area (Å²) in [5.41, 5.74) is 4.79. The van der Waals surface area contributed by atoms with Gasteiger partial charge in [-0.25, -0.2) is 0 Å². The number of aromatic amines is 1. The Bertz CT molecular complexity index is 956. The highest BCUT2D eigenvalue weighted by molar-refractivity contribution is 5.80. The number of hydrogen-bond acceptors (Lipinski definition) is 2. The van der Waals surface area contributed by atoms with E-state index in [0.717, 1.165) is 22.0 Å². The number of fused-ring (bicyclic) bond motifs is 1. The topological polar surface area (TPSA) is 62.0 Å². The Morgan fingerprint density at radius 2 is 1.72 bits per heavy atom. The van der Waals surface area contributed by atoms with E-state index in [1.54, 1.807) is 6.92 Å². The van der Waals surface area contributed by atoms with E-state index in [0.29, 0.717) is 24.9 Å². The van der Waals surface area contributed by atoms with Gasteiger partial charge in [-0.3, -0.25) is 9.59 Å². The quantitative estimate of drug-likeness (QED) is 0.751. The maximum Gasteiger partial charge on any atom is 0.251 e. The van der Waals surface area contributed by atoms with E-state index >= 15 is 0 Å². The zero-order valence-electron chi connectivity index (χ0n) is 14.6. The lowest BCUT2D eigenvalue weighted by Gasteiger charge is -2.07. The van der Waals surface area contributed by atoms with Crippen molar-refractivity contribution in [3.63, 3.8) is 0 Å². The molecule has 0 bridgehead atoms. The van der Waals surface area contributed by atoms with Crippen molar-refractivity contribution in [3.05, 3.63) is 81.1 Å². The van der Waals surface area contributed by atoms with Gasteiger partial charge in [0.1, 0.15) is 0 Å². The van der Waals surface area contributed by atoms with E-state index in [9.17, 15) is 9.59 Å². The Labute approximate surface area is 146 Å². The third-order valence-corrected chi connectivity index (χ3v) is 4.35. The molecule has 1 amide bonds. The third-order valence-electron chi connectivity index (χ3n) is 4.35. The molecule has 1 heterocycles. The van der Waals surface area contributed by atoms with Gasteiger partial charge in [-0.1, -0.05) is 42.0 Å². The third kappa shape index (κ3) is 4.35. The molecule has 2 N–H and O–H groups in total. The normalized spacial score (nSPS) is 10.8. The van der Waals surface area contributed by atoms with Crippen molar-refractivity contribution in [2.45, 2.75) is 33.2 Å². The molecule has 0 aliphatic heterocycles. The number of rotatable bonds is 5. The van der Waals surface area contributed by atoms with E-state index in [-0.39, 0.29) is 11.5 Å². The van der Waals surface area contributed by atoms with Crippen LogP contribution in [0.4, 0.5) is 0 Å². The van der Waals surface area contributed by atoms with Crippen LogP contribution in [0.15, 0.2) is 53.3 Å². The lowest BCUT2D eigenvalue weighted by Crippen LogP contribution is -2.23. The fourth-order valence-corrected chi connectivity index (χ4v) is 2.77. The van der Waals surface area contributed by atoms with E-state index < -0.39 is 0 Å². The average Bonchev–Trinajstić information content (AvgIpc) is 2.60. The van der Waals surface area contributed by atoms with E-state index in [2.05, 4.69) is 10.3 Å². The second kappa shape index (κ2) is 7.34. The van der Waals surface area contributed by atoms with Crippen LogP contribution in [0.1, 0.15) is 28.7 Å². The maximum absolute atomic E-state index is 12.1. The summed E-state index contributed by atoms with van der Waals surface area (Å²) >= 11 is 0. The highest BCUT2D eigenvalue weighted by Crippen LogP contribution is 2.14. The number of H-pyrrole nitrogens is 1. The van der Waals surface area contributed by atoms with Crippen LogP contribution >= 0.6 is 0 Å². The zero-order valence-corrected chi connectivity index (χ0v) is 14.6. The van der Waals surface area contributed by atoms with Gasteiger partial charge in [0.2, 0.25) is 5.91 Å². The average molecular weight is 334 g/mol. The van der Waals surface area contributed by atoms with Crippen molar-refractivity contribution in [2.24, 2.45) is 0 Å². The number of benzene rings is 2. The monoisotopic (exact) mass is 334 g/mol. The Morgan fingerprint density at radius 3 is 2.48 bits per heavy atom. The van der Waals surface area contributed by atoms with Crippen molar-refractivity contribution in [2.75, 3.05) is 0 Å². The number of carbonyl (C=O) groups excluding carboxylic acids is 1. The minimum atomic E-state index is -0.0690. The van der Waals surface area contributed by atoms with Gasteiger partial charge in [0.05, 0.1) is 0 Å². The fourth-order valence-electron chi connectivity index (χ4n) is 2.77. The molecule has 3 aromatic rings. The summed E-state index contributed by atoms with van der Waals surface area (Å²) in [5, 5.41) is 3.95. The first-order chi connectivity index (χ1) is 12.0. The Morgan fingerprint density at radius 1 is 1.00 bits per heavy atom. The molecule has 0 aliphatic rings. The summed E-state index contributed by atoms with van der Waals surface area (Å²) in [6, 6.07) is 16.0. The smallest absolute Gasteiger partial charge is 0.251 e. The molecule has 0 saturated heterocycles. The van der Waals surface area contributed by atoms with Crippen molar-refractivity contribution in [3.8, 4) is 0 Å². The van der Waals surface area contributed by atoms with Crippen LogP contribution in [0, 0.1) is 13.8 Å². The molecule has 25 heavy (non-hydrogen) atoms. The standard InChI is InChI=1S/C21H22N2O2/c1-14-3-5-17(6-4-14)13-22-20(24)10-8-16-7-9-18-11-15(2)21(25)23-19(18)12-16/h3-7,9,11-12H,8,10,13H2,1-2H3,(H,22,24)(H,23,25). The first-order valence-corrected chi connectivity index (χ1v) is 8.46. The molecule has 2 aromatic carbocycles. The van der Waals surface area contributed by atoms with E-state index in [1.165, 1.54) is 5.56 Å². The Hall–Kier alpha value is -2.88. The van der Waals surface area contributed by atoms with Crippen LogP contribution in [0.3, 0.4) is 0 Å². The second-order valence-corrected chi connectivity index (χ2v) is 6.47. The van der Waals surface area contributed by atoms with Crippen LogP contribution in [0.25, 0.3) is 10.9 Å². The number of amides is 1. The summed E-state index contributed by atoms with van der Waals surface area (Å²) in [6.07, 6.45) is 1.07. The summed E-state index contributed by atoms with van der Waals surface area (Å²) in [6.45, 7) is 4.38. The first kappa shape index (κ1) is 17.0. The van der Waals surface area contributed by atoms with Gasteiger partial charge in [-0.2, -0.15) is 0 Å². The van der Waals surface area contributed by atoms with Gasteiger partial charge in [-0.15, -0.1) is 0 Å². The summed E-state index contributed by atoms with van der Waals surface area (Å²) in [4.78, 5) is 26.7. The first-order valence-electron chi connectivity index (χ1n) is 8.46. The van der Waals surface area contributed by atoms with Gasteiger partial charge in [0.25, 0.3) is 5.56 Å². The summed E-state index contributed by atoms with van der Waals surface area (Å²) in [5.74, 6) is 0.0260. The molecule has 0 saturated carbocycles. The van der Waals surface area contributed by atoms with Crippen molar-refractivity contribution in [1.29, 1.82) is 0 Å². The zero-order chi connectivity index (χ0) is 17.8. The SMILES string of the molecule is Cc1ccc(CNC(=O)CCc2ccc3cc(C)c(=O)[nH]c3c2)cc1. The van der Waals surface area contributed by atoms with E-state index in [4.69, 9.17) is 0 Å². The van der Waals surface area contributed by atoms with Crippen LogP contribution < -0.4 is 10.9 Å². The fraction of sp³-hybridized carbons (Fsp3) is 0.238. The largest absolute Gasteiger partial charge is 0.352 e. The maximum atomic E-state index is 12.1. The highest BCUT2D eigenvalue weighted by Gasteiger charge is 2.05. The number of carbonyl (C=O) groups is 1. The van der Waals surface area contributed by atoms with Crippen molar-refractivity contribution in [1.82, 2.24) is 10.3 Å². The molecular formula is C21H22N2O2. The molecule has 0 fully saturated rings. The molecular weight excluding hydrogens is 312 g/mol. The van der Waals surface area contributed by atoms with Gasteiger partial charge < -0.3 is 10.3 Å². The second-order valence-electron chi connectivity index (χ2n) is 6.47. The van der Waals surface area contributed by atoms with Crippen LogP contribution in [-0.2, 0) is 17.8 Å². The number of nitrogens with one attached hydrogen (secondary N) is 2. The minimum absolute atomic E-state index is 0.0260. The van der Waals surface area contributed by atoms with Gasteiger partial charge in [-0.05, 0) is 48.9 Å². The molecule has 0 radical (unpaired) electrons. The molecule has 0 unspecified atom stereocenters. The molecule has 4 nitrogen and oxygen atoms in total. The van der Waals surface area contributed by atoms with Gasteiger partial charge in [0.15, 0.2) is 0 Å². The van der Waals surface area contributed by atoms with Crippen LogP contribution in [0.2, 0.25) is 0 Å². The predicted molar refractivity (Wildman–Crippen MR) is 101 cm³/mol. The van der Waals surface area contributed by atoms with E-state index in [1.807, 2.05) is 55.5 Å². The molecule has 0 atom stereocenters. The molecule has 128 valence electrons. The lowest BCUT2D eigenvalue weighted by molar-refractivity contribution is -0.121. The van der Waals surface area contributed by atoms with Crippen molar-refractivity contribution < 1.29 is 4.79 Å². The highest BCUT2D eigenvalue weighted by atomic mass is 16.1. The van der Waals surface area contributed by atoms with Crippen LogP contribution in [-0.4, -0.2) is 10.9 Å².